The van der Waals surface area contributed by atoms with Gasteiger partial charge in [0, 0.05) is 23.9 Å². The molecule has 17 heavy (non-hydrogen) atoms. The lowest BCUT2D eigenvalue weighted by Crippen LogP contribution is -2.24. The van der Waals surface area contributed by atoms with Gasteiger partial charge in [-0.25, -0.2) is 4.79 Å². The molecule has 0 amide bonds. The lowest BCUT2D eigenvalue weighted by molar-refractivity contribution is 0.296. The maximum Gasteiger partial charge on any atom is 0.327 e. The molecule has 90 valence electrons. The van der Waals surface area contributed by atoms with Gasteiger partial charge in [-0.05, 0) is 18.2 Å². The third-order valence-corrected chi connectivity index (χ3v) is 2.91. The summed E-state index contributed by atoms with van der Waals surface area (Å²) in [5.74, 6) is 0.795. The van der Waals surface area contributed by atoms with Crippen molar-refractivity contribution in [3.05, 3.63) is 51.6 Å². The number of benzene rings is 1. The molecule has 0 atom stereocenters. The van der Waals surface area contributed by atoms with E-state index in [2.05, 4.69) is 15.9 Å². The molecule has 0 bridgehead atoms. The zero-order chi connectivity index (χ0) is 12.3. The molecular formula is C12H13BrN2O2. The fourth-order valence-corrected chi connectivity index (χ4v) is 1.88. The number of halogens is 1. The molecule has 0 aliphatic rings. The zero-order valence-electron chi connectivity index (χ0n) is 9.47. The van der Waals surface area contributed by atoms with E-state index in [0.29, 0.717) is 13.2 Å². The molecule has 2 rings (SSSR count). The number of aromatic nitrogens is 2. The van der Waals surface area contributed by atoms with E-state index in [-0.39, 0.29) is 5.69 Å². The third kappa shape index (κ3) is 3.00. The summed E-state index contributed by atoms with van der Waals surface area (Å²) in [5.41, 5.74) is -0.0251. The molecule has 4 nitrogen and oxygen atoms in total. The Kier molecular flexibility index (Phi) is 3.68. The predicted octanol–water partition coefficient (Wildman–Crippen LogP) is 2.03. The van der Waals surface area contributed by atoms with Crippen LogP contribution in [-0.4, -0.2) is 15.7 Å². The number of hydrogen-bond acceptors (Lipinski definition) is 2. The number of imidazole rings is 1. The second-order valence-corrected chi connectivity index (χ2v) is 4.61. The summed E-state index contributed by atoms with van der Waals surface area (Å²) in [6, 6.07) is 7.63. The minimum atomic E-state index is -0.0251. The molecule has 2 aromatic rings. The quantitative estimate of drug-likeness (QED) is 0.865. The van der Waals surface area contributed by atoms with Crippen molar-refractivity contribution in [3.63, 3.8) is 0 Å². The standard InChI is InChI=1S/C12H13BrN2O2/c1-14-5-6-15(12(14)16)7-8-17-11-4-2-3-10(13)9-11/h2-6,9H,7-8H2,1H3. The molecule has 1 aromatic heterocycles. The van der Waals surface area contributed by atoms with Crippen molar-refractivity contribution in [1.82, 2.24) is 9.13 Å². The summed E-state index contributed by atoms with van der Waals surface area (Å²) < 4.78 is 9.70. The zero-order valence-corrected chi connectivity index (χ0v) is 11.1. The summed E-state index contributed by atoms with van der Waals surface area (Å²) in [5, 5.41) is 0. The van der Waals surface area contributed by atoms with E-state index in [1.54, 1.807) is 28.6 Å². The van der Waals surface area contributed by atoms with Gasteiger partial charge in [-0.1, -0.05) is 22.0 Å². The van der Waals surface area contributed by atoms with Gasteiger partial charge in [-0.3, -0.25) is 4.57 Å². The van der Waals surface area contributed by atoms with Crippen LogP contribution in [0.4, 0.5) is 0 Å². The number of hydrogen-bond donors (Lipinski definition) is 0. The third-order valence-electron chi connectivity index (χ3n) is 2.41. The molecule has 1 aromatic carbocycles. The first-order valence-electron chi connectivity index (χ1n) is 5.27. The lowest BCUT2D eigenvalue weighted by Gasteiger charge is -2.06. The van der Waals surface area contributed by atoms with Crippen molar-refractivity contribution in [2.24, 2.45) is 7.05 Å². The summed E-state index contributed by atoms with van der Waals surface area (Å²) >= 11 is 3.38. The van der Waals surface area contributed by atoms with Crippen LogP contribution in [0.15, 0.2) is 45.9 Å². The van der Waals surface area contributed by atoms with Crippen molar-refractivity contribution in [2.75, 3.05) is 6.61 Å². The average molecular weight is 297 g/mol. The normalized spacial score (nSPS) is 10.5. The molecule has 5 heteroatoms. The van der Waals surface area contributed by atoms with Gasteiger partial charge in [0.15, 0.2) is 0 Å². The van der Waals surface area contributed by atoms with Gasteiger partial charge in [-0.15, -0.1) is 0 Å². The van der Waals surface area contributed by atoms with Crippen LogP contribution in [0.5, 0.6) is 5.75 Å². The molecule has 0 N–H and O–H groups in total. The summed E-state index contributed by atoms with van der Waals surface area (Å²) in [6.45, 7) is 1.02. The van der Waals surface area contributed by atoms with Crippen LogP contribution in [0.25, 0.3) is 0 Å². The summed E-state index contributed by atoms with van der Waals surface area (Å²) in [7, 11) is 1.73. The first kappa shape index (κ1) is 12.0. The van der Waals surface area contributed by atoms with Crippen LogP contribution in [0, 0.1) is 0 Å². The highest BCUT2D eigenvalue weighted by atomic mass is 79.9. The van der Waals surface area contributed by atoms with Crippen LogP contribution < -0.4 is 10.4 Å². The van der Waals surface area contributed by atoms with Crippen LogP contribution in [-0.2, 0) is 13.6 Å². The van der Waals surface area contributed by atoms with Crippen LogP contribution in [0.1, 0.15) is 0 Å². The van der Waals surface area contributed by atoms with Crippen molar-refractivity contribution in [3.8, 4) is 5.75 Å². The first-order valence-corrected chi connectivity index (χ1v) is 6.06. The van der Waals surface area contributed by atoms with E-state index in [1.165, 1.54) is 0 Å². The van der Waals surface area contributed by atoms with E-state index >= 15 is 0 Å². The Morgan fingerprint density at radius 2 is 2.18 bits per heavy atom. The molecule has 0 radical (unpaired) electrons. The van der Waals surface area contributed by atoms with Crippen LogP contribution >= 0.6 is 15.9 Å². The van der Waals surface area contributed by atoms with Crippen LogP contribution in [0.2, 0.25) is 0 Å². The van der Waals surface area contributed by atoms with Gasteiger partial charge in [0.1, 0.15) is 12.4 Å². The number of ether oxygens (including phenoxy) is 1. The summed E-state index contributed by atoms with van der Waals surface area (Å²) in [6.07, 6.45) is 3.49. The molecule has 0 spiro atoms. The maximum absolute atomic E-state index is 11.5. The molecule has 0 aliphatic heterocycles. The highest BCUT2D eigenvalue weighted by molar-refractivity contribution is 9.10. The minimum Gasteiger partial charge on any atom is -0.492 e. The Labute approximate surface area is 108 Å². The fraction of sp³-hybridized carbons (Fsp3) is 0.250. The molecular weight excluding hydrogens is 284 g/mol. The second kappa shape index (κ2) is 5.23. The molecule has 0 saturated heterocycles. The van der Waals surface area contributed by atoms with E-state index in [1.807, 2.05) is 24.3 Å². The topological polar surface area (TPSA) is 36.2 Å². The van der Waals surface area contributed by atoms with Gasteiger partial charge in [0.25, 0.3) is 0 Å². The Bertz CT molecular complexity index is 560. The summed E-state index contributed by atoms with van der Waals surface area (Å²) in [4.78, 5) is 11.5. The van der Waals surface area contributed by atoms with Crippen molar-refractivity contribution in [1.29, 1.82) is 0 Å². The van der Waals surface area contributed by atoms with Crippen molar-refractivity contribution < 1.29 is 4.74 Å². The Hall–Kier alpha value is -1.49. The van der Waals surface area contributed by atoms with Gasteiger partial charge in [0.05, 0.1) is 6.54 Å². The van der Waals surface area contributed by atoms with Crippen LogP contribution in [0.3, 0.4) is 0 Å². The molecule has 0 aliphatic carbocycles. The minimum absolute atomic E-state index is 0.0251. The van der Waals surface area contributed by atoms with E-state index in [9.17, 15) is 4.79 Å². The number of rotatable bonds is 4. The number of aryl methyl sites for hydroxylation is 1. The van der Waals surface area contributed by atoms with Crippen molar-refractivity contribution in [2.45, 2.75) is 6.54 Å². The van der Waals surface area contributed by atoms with E-state index in [0.717, 1.165) is 10.2 Å². The number of nitrogens with zero attached hydrogens (tertiary/aromatic N) is 2. The van der Waals surface area contributed by atoms with Gasteiger partial charge in [-0.2, -0.15) is 0 Å². The Balaban J connectivity index is 1.92. The molecule has 1 heterocycles. The monoisotopic (exact) mass is 296 g/mol. The van der Waals surface area contributed by atoms with E-state index < -0.39 is 0 Å². The molecule has 0 saturated carbocycles. The molecule has 0 unspecified atom stereocenters. The second-order valence-electron chi connectivity index (χ2n) is 3.69. The first-order chi connectivity index (χ1) is 8.16. The SMILES string of the molecule is Cn1ccn(CCOc2cccc(Br)c2)c1=O. The van der Waals surface area contributed by atoms with E-state index in [4.69, 9.17) is 4.74 Å². The van der Waals surface area contributed by atoms with Gasteiger partial charge < -0.3 is 9.30 Å². The maximum atomic E-state index is 11.5. The Morgan fingerprint density at radius 1 is 1.35 bits per heavy atom. The fourth-order valence-electron chi connectivity index (χ4n) is 1.50. The van der Waals surface area contributed by atoms with Crippen molar-refractivity contribution >= 4 is 15.9 Å². The van der Waals surface area contributed by atoms with Gasteiger partial charge in [0.2, 0.25) is 0 Å². The largest absolute Gasteiger partial charge is 0.492 e. The highest BCUT2D eigenvalue weighted by Crippen LogP contribution is 2.17. The molecule has 0 fully saturated rings. The average Bonchev–Trinajstić information content (AvgIpc) is 2.61. The predicted molar refractivity (Wildman–Crippen MR) is 69.3 cm³/mol. The lowest BCUT2D eigenvalue weighted by atomic mass is 10.3. The highest BCUT2D eigenvalue weighted by Gasteiger charge is 2.00. The Morgan fingerprint density at radius 3 is 2.82 bits per heavy atom. The van der Waals surface area contributed by atoms with Gasteiger partial charge >= 0.3 is 5.69 Å². The smallest absolute Gasteiger partial charge is 0.327 e.